The van der Waals surface area contributed by atoms with E-state index in [0.29, 0.717) is 28.5 Å². The number of halogens is 1. The van der Waals surface area contributed by atoms with E-state index in [9.17, 15) is 9.59 Å². The molecular formula is C17H15ClN4O3. The van der Waals surface area contributed by atoms with Crippen molar-refractivity contribution in [2.24, 2.45) is 0 Å². The Morgan fingerprint density at radius 2 is 2.16 bits per heavy atom. The molecule has 7 nitrogen and oxygen atoms in total. The lowest BCUT2D eigenvalue weighted by atomic mass is 10.3. The number of fused-ring (bicyclic) bond motifs is 1. The summed E-state index contributed by atoms with van der Waals surface area (Å²) in [7, 11) is 0. The molecule has 2 heterocycles. The van der Waals surface area contributed by atoms with Crippen molar-refractivity contribution in [1.82, 2.24) is 14.5 Å². The lowest BCUT2D eigenvalue weighted by Crippen LogP contribution is -2.30. The van der Waals surface area contributed by atoms with Crippen LogP contribution in [-0.4, -0.2) is 27.0 Å². The number of amides is 1. The fourth-order valence-electron chi connectivity index (χ4n) is 2.34. The van der Waals surface area contributed by atoms with Gasteiger partial charge >= 0.3 is 5.56 Å². The zero-order chi connectivity index (χ0) is 17.8. The van der Waals surface area contributed by atoms with Crippen LogP contribution in [0.1, 0.15) is 6.92 Å². The molecule has 1 N–H and O–H groups in total. The van der Waals surface area contributed by atoms with Crippen molar-refractivity contribution in [2.45, 2.75) is 13.5 Å². The van der Waals surface area contributed by atoms with Crippen LogP contribution in [-0.2, 0) is 11.3 Å². The molecule has 3 aromatic rings. The Labute approximate surface area is 148 Å². The predicted octanol–water partition coefficient (Wildman–Crippen LogP) is 2.48. The lowest BCUT2D eigenvalue weighted by molar-refractivity contribution is -0.116. The molecule has 0 spiro atoms. The summed E-state index contributed by atoms with van der Waals surface area (Å²) in [5, 5.41) is 3.21. The first-order valence-corrected chi connectivity index (χ1v) is 8.00. The molecule has 0 aliphatic rings. The number of rotatable bonds is 5. The van der Waals surface area contributed by atoms with Gasteiger partial charge in [-0.05, 0) is 37.3 Å². The number of aromatic nitrogens is 3. The number of carbonyl (C=O) groups is 1. The smallest absolute Gasteiger partial charge is 0.315 e. The molecular weight excluding hydrogens is 344 g/mol. The summed E-state index contributed by atoms with van der Waals surface area (Å²) in [5.74, 6) is -0.441. The topological polar surface area (TPSA) is 86.1 Å². The number of nitrogens with zero attached hydrogens (tertiary/aromatic N) is 3. The number of hydrogen-bond donors (Lipinski definition) is 1. The van der Waals surface area contributed by atoms with Crippen molar-refractivity contribution in [2.75, 3.05) is 11.9 Å². The first-order valence-electron chi connectivity index (χ1n) is 7.62. The Hall–Kier alpha value is -2.93. The van der Waals surface area contributed by atoms with Gasteiger partial charge in [-0.1, -0.05) is 17.7 Å². The Morgan fingerprint density at radius 1 is 1.32 bits per heavy atom. The molecule has 2 aromatic heterocycles. The van der Waals surface area contributed by atoms with Crippen LogP contribution in [0.3, 0.4) is 0 Å². The van der Waals surface area contributed by atoms with Crippen molar-refractivity contribution < 1.29 is 9.53 Å². The van der Waals surface area contributed by atoms with Crippen LogP contribution in [0.2, 0.25) is 5.02 Å². The molecule has 0 atom stereocenters. The second kappa shape index (κ2) is 7.31. The van der Waals surface area contributed by atoms with Gasteiger partial charge in [-0.3, -0.25) is 14.2 Å². The minimum absolute atomic E-state index is 0.0569. The summed E-state index contributed by atoms with van der Waals surface area (Å²) in [6, 6.07) is 10.2. The van der Waals surface area contributed by atoms with E-state index >= 15 is 0 Å². The molecule has 3 rings (SSSR count). The van der Waals surface area contributed by atoms with Crippen LogP contribution in [0.15, 0.2) is 47.4 Å². The van der Waals surface area contributed by atoms with Gasteiger partial charge in [0, 0.05) is 16.9 Å². The molecule has 1 aromatic carbocycles. The van der Waals surface area contributed by atoms with E-state index in [1.54, 1.807) is 43.3 Å². The van der Waals surface area contributed by atoms with E-state index in [-0.39, 0.29) is 18.3 Å². The van der Waals surface area contributed by atoms with E-state index in [1.165, 1.54) is 10.8 Å². The number of hydrogen-bond acceptors (Lipinski definition) is 5. The number of anilines is 1. The van der Waals surface area contributed by atoms with Gasteiger partial charge < -0.3 is 10.1 Å². The molecule has 0 radical (unpaired) electrons. The van der Waals surface area contributed by atoms with Crippen LogP contribution >= 0.6 is 11.6 Å². The van der Waals surface area contributed by atoms with Gasteiger partial charge in [0.1, 0.15) is 12.1 Å². The normalized spacial score (nSPS) is 10.6. The number of ether oxygens (including phenoxy) is 1. The minimum atomic E-state index is -0.505. The molecule has 0 unspecified atom stereocenters. The molecule has 128 valence electrons. The van der Waals surface area contributed by atoms with Gasteiger partial charge in [0.25, 0.3) is 5.88 Å². The van der Waals surface area contributed by atoms with Crippen molar-refractivity contribution in [1.29, 1.82) is 0 Å². The summed E-state index contributed by atoms with van der Waals surface area (Å²) >= 11 is 5.91. The van der Waals surface area contributed by atoms with E-state index in [4.69, 9.17) is 16.3 Å². The van der Waals surface area contributed by atoms with Gasteiger partial charge in [0.15, 0.2) is 5.65 Å². The summed E-state index contributed by atoms with van der Waals surface area (Å²) in [6.45, 7) is 1.83. The largest absolute Gasteiger partial charge is 0.474 e. The Bertz CT molecular complexity index is 987. The van der Waals surface area contributed by atoms with Gasteiger partial charge in [-0.25, -0.2) is 9.97 Å². The maximum atomic E-state index is 12.5. The zero-order valence-corrected chi connectivity index (χ0v) is 14.2. The van der Waals surface area contributed by atoms with Crippen LogP contribution in [0.4, 0.5) is 5.69 Å². The van der Waals surface area contributed by atoms with E-state index < -0.39 is 5.56 Å². The van der Waals surface area contributed by atoms with Gasteiger partial charge in [0.2, 0.25) is 5.91 Å². The molecule has 0 bridgehead atoms. The molecule has 1 amide bonds. The minimum Gasteiger partial charge on any atom is -0.474 e. The lowest BCUT2D eigenvalue weighted by Gasteiger charge is -2.11. The highest BCUT2D eigenvalue weighted by molar-refractivity contribution is 6.30. The monoisotopic (exact) mass is 358 g/mol. The maximum absolute atomic E-state index is 12.5. The first-order chi connectivity index (χ1) is 12.1. The second-order valence-corrected chi connectivity index (χ2v) is 5.58. The number of carbonyl (C=O) groups excluding carboxylic acids is 1. The van der Waals surface area contributed by atoms with E-state index in [0.717, 1.165) is 0 Å². The Kier molecular flexibility index (Phi) is 4.95. The molecule has 0 saturated carbocycles. The number of pyridine rings is 1. The summed E-state index contributed by atoms with van der Waals surface area (Å²) in [4.78, 5) is 33.2. The second-order valence-electron chi connectivity index (χ2n) is 5.15. The molecule has 0 fully saturated rings. The highest BCUT2D eigenvalue weighted by Crippen LogP contribution is 2.15. The van der Waals surface area contributed by atoms with Crippen LogP contribution < -0.4 is 15.6 Å². The SMILES string of the molecule is CCOc1nc2cccnc2n(CC(=O)Nc2cccc(Cl)c2)c1=O. The standard InChI is InChI=1S/C17H15ClN4O3/c1-2-25-16-17(24)22(15-13(21-16)7-4-8-19-15)10-14(23)20-12-6-3-5-11(18)9-12/h3-9H,2,10H2,1H3,(H,20,23). The van der Waals surface area contributed by atoms with Crippen molar-refractivity contribution >= 4 is 34.4 Å². The van der Waals surface area contributed by atoms with Crippen molar-refractivity contribution in [3.8, 4) is 5.88 Å². The maximum Gasteiger partial charge on any atom is 0.315 e. The fraction of sp³-hybridized carbons (Fsp3) is 0.176. The van der Waals surface area contributed by atoms with E-state index in [1.807, 2.05) is 0 Å². The number of nitrogens with one attached hydrogen (secondary N) is 1. The molecule has 8 heteroatoms. The summed E-state index contributed by atoms with van der Waals surface area (Å²) < 4.78 is 6.52. The molecule has 25 heavy (non-hydrogen) atoms. The average molecular weight is 359 g/mol. The van der Waals surface area contributed by atoms with Crippen LogP contribution in [0, 0.1) is 0 Å². The Balaban J connectivity index is 1.95. The molecule has 0 aliphatic carbocycles. The fourth-order valence-corrected chi connectivity index (χ4v) is 2.53. The third-order valence-corrected chi connectivity index (χ3v) is 3.60. The van der Waals surface area contributed by atoms with Crippen molar-refractivity contribution in [3.05, 3.63) is 58.0 Å². The molecule has 0 aliphatic heterocycles. The average Bonchev–Trinajstić information content (AvgIpc) is 2.59. The third kappa shape index (κ3) is 3.77. The van der Waals surface area contributed by atoms with Crippen LogP contribution in [0.5, 0.6) is 5.88 Å². The third-order valence-electron chi connectivity index (χ3n) is 3.36. The van der Waals surface area contributed by atoms with Crippen molar-refractivity contribution in [3.63, 3.8) is 0 Å². The first kappa shape index (κ1) is 16.9. The summed E-state index contributed by atoms with van der Waals surface area (Å²) in [6.07, 6.45) is 1.54. The molecule has 0 saturated heterocycles. The van der Waals surface area contributed by atoms with Gasteiger partial charge in [-0.15, -0.1) is 0 Å². The van der Waals surface area contributed by atoms with Crippen LogP contribution in [0.25, 0.3) is 11.2 Å². The van der Waals surface area contributed by atoms with Gasteiger partial charge in [-0.2, -0.15) is 0 Å². The van der Waals surface area contributed by atoms with Gasteiger partial charge in [0.05, 0.1) is 6.61 Å². The number of benzene rings is 1. The summed E-state index contributed by atoms with van der Waals surface area (Å²) in [5.41, 5.74) is 0.828. The quantitative estimate of drug-likeness (QED) is 0.757. The Morgan fingerprint density at radius 3 is 2.92 bits per heavy atom. The highest BCUT2D eigenvalue weighted by Gasteiger charge is 2.15. The highest BCUT2D eigenvalue weighted by atomic mass is 35.5. The van der Waals surface area contributed by atoms with E-state index in [2.05, 4.69) is 15.3 Å². The zero-order valence-electron chi connectivity index (χ0n) is 13.4. The predicted molar refractivity (Wildman–Crippen MR) is 95.0 cm³/mol.